The highest BCUT2D eigenvalue weighted by Crippen LogP contribution is 2.23. The van der Waals surface area contributed by atoms with E-state index < -0.39 is 16.0 Å². The molecule has 2 rings (SSSR count). The smallest absolute Gasteiger partial charge is 0.336 e. The highest BCUT2D eigenvalue weighted by molar-refractivity contribution is 7.91. The zero-order valence-electron chi connectivity index (χ0n) is 10.8. The number of carboxylic acid groups (broad SMARTS) is 1. The summed E-state index contributed by atoms with van der Waals surface area (Å²) in [5.74, 6) is -1.13. The second kappa shape index (κ2) is 5.65. The minimum absolute atomic E-state index is 0.0138. The summed E-state index contributed by atoms with van der Waals surface area (Å²) in [5, 5.41) is 10.1. The quantitative estimate of drug-likeness (QED) is 0.882. The molecular weight excluding hydrogens is 318 g/mol. The zero-order chi connectivity index (χ0) is 14.9. The van der Waals surface area contributed by atoms with E-state index in [4.69, 9.17) is 5.11 Å². The van der Waals surface area contributed by atoms with Crippen molar-refractivity contribution in [3.63, 3.8) is 0 Å². The summed E-state index contributed by atoms with van der Waals surface area (Å²) in [6.07, 6.45) is 0. The van der Waals surface area contributed by atoms with Crippen molar-refractivity contribution in [2.24, 2.45) is 0 Å². The van der Waals surface area contributed by atoms with Crippen molar-refractivity contribution in [2.75, 3.05) is 0 Å². The second-order valence-corrected chi connectivity index (χ2v) is 8.48. The summed E-state index contributed by atoms with van der Waals surface area (Å²) in [6, 6.07) is 3.11. The monoisotopic (exact) mass is 331 g/mol. The molecule has 0 aliphatic heterocycles. The SMILES string of the molecule is Cc1cc(CNS(=O)(=O)c2cc(C(=O)O)cs2)sc1C. The van der Waals surface area contributed by atoms with Gasteiger partial charge in [-0.1, -0.05) is 0 Å². The fourth-order valence-corrected chi connectivity index (χ4v) is 4.83. The standard InChI is InChI=1S/C12H13NO4S3/c1-7-3-10(19-8(7)2)5-13-20(16,17)11-4-9(6-18-11)12(14)15/h3-4,6,13H,5H2,1-2H3,(H,14,15). The van der Waals surface area contributed by atoms with E-state index in [9.17, 15) is 13.2 Å². The molecule has 0 aromatic carbocycles. The van der Waals surface area contributed by atoms with Gasteiger partial charge in [0.15, 0.2) is 0 Å². The molecule has 0 radical (unpaired) electrons. The molecule has 0 fully saturated rings. The lowest BCUT2D eigenvalue weighted by molar-refractivity contribution is 0.0697. The summed E-state index contributed by atoms with van der Waals surface area (Å²) < 4.78 is 26.6. The lowest BCUT2D eigenvalue weighted by Crippen LogP contribution is -2.21. The third kappa shape index (κ3) is 3.26. The van der Waals surface area contributed by atoms with Crippen molar-refractivity contribution in [1.29, 1.82) is 0 Å². The number of sulfonamides is 1. The first-order valence-corrected chi connectivity index (χ1v) is 8.85. The van der Waals surface area contributed by atoms with Crippen molar-refractivity contribution in [3.8, 4) is 0 Å². The molecule has 108 valence electrons. The summed E-state index contributed by atoms with van der Waals surface area (Å²) in [5.41, 5.74) is 1.12. The summed E-state index contributed by atoms with van der Waals surface area (Å²) in [6.45, 7) is 4.17. The van der Waals surface area contributed by atoms with Crippen LogP contribution in [0.5, 0.6) is 0 Å². The van der Waals surface area contributed by atoms with E-state index in [2.05, 4.69) is 4.72 Å². The Kier molecular flexibility index (Phi) is 4.28. The van der Waals surface area contributed by atoms with Crippen molar-refractivity contribution in [2.45, 2.75) is 24.6 Å². The van der Waals surface area contributed by atoms with Gasteiger partial charge in [-0.15, -0.1) is 22.7 Å². The summed E-state index contributed by atoms with van der Waals surface area (Å²) in [7, 11) is -3.66. The average Bonchev–Trinajstić information content (AvgIpc) is 2.96. The van der Waals surface area contributed by atoms with Gasteiger partial charge in [-0.3, -0.25) is 0 Å². The minimum Gasteiger partial charge on any atom is -0.478 e. The number of hydrogen-bond acceptors (Lipinski definition) is 5. The van der Waals surface area contributed by atoms with Gasteiger partial charge < -0.3 is 5.11 Å². The summed E-state index contributed by atoms with van der Waals surface area (Å²) >= 11 is 2.44. The fourth-order valence-electron chi connectivity index (χ4n) is 1.54. The first kappa shape index (κ1) is 15.2. The molecule has 20 heavy (non-hydrogen) atoms. The number of hydrogen-bond donors (Lipinski definition) is 2. The molecule has 0 saturated carbocycles. The van der Waals surface area contributed by atoms with E-state index >= 15 is 0 Å². The van der Waals surface area contributed by atoms with Crippen LogP contribution in [0.3, 0.4) is 0 Å². The molecule has 0 unspecified atom stereocenters. The van der Waals surface area contributed by atoms with Crippen molar-refractivity contribution >= 4 is 38.7 Å². The van der Waals surface area contributed by atoms with E-state index in [-0.39, 0.29) is 16.3 Å². The van der Waals surface area contributed by atoms with Crippen LogP contribution in [0.25, 0.3) is 0 Å². The van der Waals surface area contributed by atoms with Gasteiger partial charge in [0.25, 0.3) is 0 Å². The molecule has 0 amide bonds. The van der Waals surface area contributed by atoms with Gasteiger partial charge in [0, 0.05) is 21.7 Å². The molecule has 2 aromatic heterocycles. The van der Waals surface area contributed by atoms with Crippen molar-refractivity contribution < 1.29 is 18.3 Å². The number of carbonyl (C=O) groups is 1. The molecule has 2 heterocycles. The predicted octanol–water partition coefficient (Wildman–Crippen LogP) is 2.60. The number of carboxylic acids is 1. The van der Waals surface area contributed by atoms with E-state index in [0.717, 1.165) is 26.7 Å². The Hall–Kier alpha value is -1.22. The number of nitrogens with one attached hydrogen (secondary N) is 1. The Morgan fingerprint density at radius 3 is 2.55 bits per heavy atom. The predicted molar refractivity (Wildman–Crippen MR) is 79.1 cm³/mol. The van der Waals surface area contributed by atoms with Crippen molar-refractivity contribution in [1.82, 2.24) is 4.72 Å². The first-order chi connectivity index (χ1) is 9.29. The van der Waals surface area contributed by atoms with E-state index in [1.165, 1.54) is 11.4 Å². The van der Waals surface area contributed by atoms with Gasteiger partial charge in [0.05, 0.1) is 5.56 Å². The first-order valence-electron chi connectivity index (χ1n) is 5.67. The second-order valence-electron chi connectivity index (χ2n) is 4.24. The van der Waals surface area contributed by atoms with E-state index in [1.807, 2.05) is 19.9 Å². The number of thiophene rings is 2. The summed E-state index contributed by atoms with van der Waals surface area (Å²) in [4.78, 5) is 12.8. The Morgan fingerprint density at radius 1 is 1.35 bits per heavy atom. The highest BCUT2D eigenvalue weighted by Gasteiger charge is 2.19. The van der Waals surface area contributed by atoms with Gasteiger partial charge in [-0.25, -0.2) is 17.9 Å². The molecule has 2 N–H and O–H groups in total. The fraction of sp³-hybridized carbons (Fsp3) is 0.250. The van der Waals surface area contributed by atoms with Crippen LogP contribution in [0.15, 0.2) is 21.7 Å². The number of aryl methyl sites for hydroxylation is 2. The van der Waals surface area contributed by atoms with Gasteiger partial charge >= 0.3 is 5.97 Å². The highest BCUT2D eigenvalue weighted by atomic mass is 32.2. The van der Waals surface area contributed by atoms with Crippen molar-refractivity contribution in [3.05, 3.63) is 38.4 Å². The third-order valence-electron chi connectivity index (χ3n) is 2.74. The topological polar surface area (TPSA) is 83.5 Å². The Labute approximate surface area is 124 Å². The Bertz CT molecular complexity index is 723. The molecule has 5 nitrogen and oxygen atoms in total. The van der Waals surface area contributed by atoms with E-state index in [1.54, 1.807) is 11.3 Å². The van der Waals surface area contributed by atoms with Gasteiger partial charge in [0.2, 0.25) is 10.0 Å². The van der Waals surface area contributed by atoms with Crippen LogP contribution in [0.2, 0.25) is 0 Å². The molecule has 0 saturated heterocycles. The van der Waals surface area contributed by atoms with Crippen LogP contribution in [0, 0.1) is 13.8 Å². The molecule has 0 aliphatic rings. The largest absolute Gasteiger partial charge is 0.478 e. The average molecular weight is 331 g/mol. The maximum Gasteiger partial charge on any atom is 0.336 e. The molecule has 8 heteroatoms. The molecule has 0 bridgehead atoms. The normalized spacial score (nSPS) is 11.7. The van der Waals surface area contributed by atoms with E-state index in [0.29, 0.717) is 0 Å². The van der Waals surface area contributed by atoms with Crippen LogP contribution < -0.4 is 4.72 Å². The Balaban J connectivity index is 2.12. The zero-order valence-corrected chi connectivity index (χ0v) is 13.3. The van der Waals surface area contributed by atoms with Gasteiger partial charge in [-0.05, 0) is 31.5 Å². The maximum atomic E-state index is 12.0. The van der Waals surface area contributed by atoms with Crippen LogP contribution in [0.4, 0.5) is 0 Å². The lowest BCUT2D eigenvalue weighted by atomic mass is 10.3. The molecule has 0 spiro atoms. The van der Waals surface area contributed by atoms with Gasteiger partial charge in [0.1, 0.15) is 4.21 Å². The maximum absolute atomic E-state index is 12.0. The number of aromatic carboxylic acids is 1. The Morgan fingerprint density at radius 2 is 2.05 bits per heavy atom. The van der Waals surface area contributed by atoms with Gasteiger partial charge in [-0.2, -0.15) is 0 Å². The molecule has 0 atom stereocenters. The third-order valence-corrected chi connectivity index (χ3v) is 6.73. The number of rotatable bonds is 5. The van der Waals surface area contributed by atoms with Crippen LogP contribution in [-0.4, -0.2) is 19.5 Å². The molecular formula is C12H13NO4S3. The van der Waals surface area contributed by atoms with Crippen LogP contribution in [0.1, 0.15) is 25.7 Å². The van der Waals surface area contributed by atoms with Crippen LogP contribution >= 0.6 is 22.7 Å². The van der Waals surface area contributed by atoms with Crippen LogP contribution in [-0.2, 0) is 16.6 Å². The minimum atomic E-state index is -3.66. The molecule has 2 aromatic rings. The lowest BCUT2D eigenvalue weighted by Gasteiger charge is -2.02. The molecule has 0 aliphatic carbocycles.